The van der Waals surface area contributed by atoms with Gasteiger partial charge in [-0.1, -0.05) is 23.2 Å². The van der Waals surface area contributed by atoms with E-state index in [0.717, 1.165) is 24.5 Å². The van der Waals surface area contributed by atoms with Gasteiger partial charge in [0.2, 0.25) is 0 Å². The Morgan fingerprint density at radius 2 is 2.00 bits per heavy atom. The molecule has 0 spiro atoms. The van der Waals surface area contributed by atoms with Crippen molar-refractivity contribution in [3.8, 4) is 5.75 Å². The SMILES string of the molecule is CC(Nc1ccc2c(c1)CCO2)c1cc(F)c(Cl)cc1Cl. The van der Waals surface area contributed by atoms with Crippen LogP contribution >= 0.6 is 23.2 Å². The molecular formula is C16H14Cl2FNO. The average molecular weight is 326 g/mol. The second-order valence-electron chi connectivity index (χ2n) is 5.07. The quantitative estimate of drug-likeness (QED) is 0.779. The minimum Gasteiger partial charge on any atom is -0.493 e. The lowest BCUT2D eigenvalue weighted by molar-refractivity contribution is 0.357. The summed E-state index contributed by atoms with van der Waals surface area (Å²) in [5.41, 5.74) is 2.81. The Morgan fingerprint density at radius 3 is 2.81 bits per heavy atom. The standard InChI is InChI=1S/C16H14Cl2FNO/c1-9(12-7-15(19)14(18)8-13(12)17)20-11-2-3-16-10(6-11)4-5-21-16/h2-3,6-9,20H,4-5H2,1H3. The minimum absolute atomic E-state index is 0.0330. The summed E-state index contributed by atoms with van der Waals surface area (Å²) in [6.45, 7) is 2.65. The molecule has 21 heavy (non-hydrogen) atoms. The van der Waals surface area contributed by atoms with E-state index < -0.39 is 5.82 Å². The largest absolute Gasteiger partial charge is 0.493 e. The van der Waals surface area contributed by atoms with Crippen molar-refractivity contribution in [2.75, 3.05) is 11.9 Å². The molecule has 0 aliphatic carbocycles. The van der Waals surface area contributed by atoms with Gasteiger partial charge in [-0.05, 0) is 48.4 Å². The van der Waals surface area contributed by atoms with E-state index in [1.54, 1.807) is 0 Å². The third kappa shape index (κ3) is 2.94. The third-order valence-electron chi connectivity index (χ3n) is 3.58. The van der Waals surface area contributed by atoms with Crippen LogP contribution in [-0.4, -0.2) is 6.61 Å². The number of nitrogens with one attached hydrogen (secondary N) is 1. The topological polar surface area (TPSA) is 21.3 Å². The summed E-state index contributed by atoms with van der Waals surface area (Å²) in [4.78, 5) is 0. The van der Waals surface area contributed by atoms with Crippen LogP contribution in [0.5, 0.6) is 5.75 Å². The van der Waals surface area contributed by atoms with Crippen LogP contribution < -0.4 is 10.1 Å². The fourth-order valence-electron chi connectivity index (χ4n) is 2.47. The Bertz CT molecular complexity index is 690. The van der Waals surface area contributed by atoms with E-state index in [0.29, 0.717) is 10.6 Å². The van der Waals surface area contributed by atoms with Crippen LogP contribution in [0.25, 0.3) is 0 Å². The zero-order chi connectivity index (χ0) is 15.0. The molecule has 0 amide bonds. The van der Waals surface area contributed by atoms with Crippen LogP contribution in [0.1, 0.15) is 24.1 Å². The van der Waals surface area contributed by atoms with E-state index in [-0.39, 0.29) is 11.1 Å². The van der Waals surface area contributed by atoms with Gasteiger partial charge in [-0.3, -0.25) is 0 Å². The van der Waals surface area contributed by atoms with Gasteiger partial charge in [-0.25, -0.2) is 4.39 Å². The molecule has 3 rings (SSSR count). The molecule has 0 aromatic heterocycles. The van der Waals surface area contributed by atoms with Gasteiger partial charge in [0.25, 0.3) is 0 Å². The molecule has 0 fully saturated rings. The molecule has 0 saturated carbocycles. The van der Waals surface area contributed by atoms with Gasteiger partial charge in [-0.15, -0.1) is 0 Å². The van der Waals surface area contributed by atoms with Crippen molar-refractivity contribution in [3.63, 3.8) is 0 Å². The van der Waals surface area contributed by atoms with E-state index in [1.807, 2.05) is 19.1 Å². The lowest BCUT2D eigenvalue weighted by Gasteiger charge is -2.18. The highest BCUT2D eigenvalue weighted by molar-refractivity contribution is 6.35. The van der Waals surface area contributed by atoms with E-state index in [1.165, 1.54) is 17.7 Å². The maximum atomic E-state index is 13.6. The van der Waals surface area contributed by atoms with E-state index in [2.05, 4.69) is 11.4 Å². The fourth-order valence-corrected chi connectivity index (χ4v) is 3.02. The molecule has 2 nitrogen and oxygen atoms in total. The molecule has 0 saturated heterocycles. The maximum Gasteiger partial charge on any atom is 0.142 e. The van der Waals surface area contributed by atoms with Crippen molar-refractivity contribution in [2.45, 2.75) is 19.4 Å². The second kappa shape index (κ2) is 5.74. The Balaban J connectivity index is 1.83. The van der Waals surface area contributed by atoms with E-state index in [4.69, 9.17) is 27.9 Å². The van der Waals surface area contributed by atoms with Crippen molar-refractivity contribution in [1.82, 2.24) is 0 Å². The molecule has 1 aliphatic rings. The van der Waals surface area contributed by atoms with Gasteiger partial charge in [0, 0.05) is 17.1 Å². The highest BCUT2D eigenvalue weighted by Crippen LogP contribution is 2.32. The molecule has 1 aliphatic heterocycles. The molecule has 1 heterocycles. The molecule has 1 unspecified atom stereocenters. The smallest absolute Gasteiger partial charge is 0.142 e. The van der Waals surface area contributed by atoms with Crippen molar-refractivity contribution in [1.29, 1.82) is 0 Å². The average Bonchev–Trinajstić information content (AvgIpc) is 2.90. The van der Waals surface area contributed by atoms with Crippen molar-refractivity contribution >= 4 is 28.9 Å². The van der Waals surface area contributed by atoms with Gasteiger partial charge in [-0.2, -0.15) is 0 Å². The molecule has 1 N–H and O–H groups in total. The molecule has 5 heteroatoms. The first-order chi connectivity index (χ1) is 10.0. The second-order valence-corrected chi connectivity index (χ2v) is 5.89. The predicted molar refractivity (Wildman–Crippen MR) is 84.1 cm³/mol. The monoisotopic (exact) mass is 325 g/mol. The molecule has 0 radical (unpaired) electrons. The van der Waals surface area contributed by atoms with Crippen LogP contribution in [0.15, 0.2) is 30.3 Å². The summed E-state index contributed by atoms with van der Waals surface area (Å²) in [6.07, 6.45) is 0.912. The Morgan fingerprint density at radius 1 is 1.19 bits per heavy atom. The number of hydrogen-bond acceptors (Lipinski definition) is 2. The summed E-state index contributed by atoms with van der Waals surface area (Å²) >= 11 is 11.9. The number of fused-ring (bicyclic) bond motifs is 1. The number of rotatable bonds is 3. The summed E-state index contributed by atoms with van der Waals surface area (Å²) in [7, 11) is 0. The Kier molecular flexibility index (Phi) is 3.96. The molecule has 110 valence electrons. The zero-order valence-electron chi connectivity index (χ0n) is 11.4. The lowest BCUT2D eigenvalue weighted by Crippen LogP contribution is -2.08. The number of hydrogen-bond donors (Lipinski definition) is 1. The van der Waals surface area contributed by atoms with Crippen LogP contribution in [0.4, 0.5) is 10.1 Å². The number of benzene rings is 2. The molecule has 2 aromatic carbocycles. The molecule has 2 aromatic rings. The van der Waals surface area contributed by atoms with Gasteiger partial charge in [0.05, 0.1) is 17.7 Å². The maximum absolute atomic E-state index is 13.6. The normalized spacial score (nSPS) is 14.5. The van der Waals surface area contributed by atoms with E-state index in [9.17, 15) is 4.39 Å². The number of anilines is 1. The number of ether oxygens (including phenoxy) is 1. The molecular weight excluding hydrogens is 312 g/mol. The Hall–Kier alpha value is -1.45. The van der Waals surface area contributed by atoms with Crippen molar-refractivity contribution in [3.05, 3.63) is 57.3 Å². The van der Waals surface area contributed by atoms with Gasteiger partial charge >= 0.3 is 0 Å². The lowest BCUT2D eigenvalue weighted by atomic mass is 10.1. The highest BCUT2D eigenvalue weighted by Gasteiger charge is 2.16. The summed E-state index contributed by atoms with van der Waals surface area (Å²) in [6, 6.07) is 8.62. The van der Waals surface area contributed by atoms with Gasteiger partial charge < -0.3 is 10.1 Å². The summed E-state index contributed by atoms with van der Waals surface area (Å²) in [5.74, 6) is 0.468. The predicted octanol–water partition coefficient (Wildman–Crippen LogP) is 5.24. The highest BCUT2D eigenvalue weighted by atomic mass is 35.5. The summed E-state index contributed by atoms with van der Waals surface area (Å²) in [5, 5.41) is 3.81. The molecule has 0 bridgehead atoms. The Labute approximate surface area is 132 Å². The summed E-state index contributed by atoms with van der Waals surface area (Å²) < 4.78 is 19.1. The molecule has 1 atom stereocenters. The van der Waals surface area contributed by atoms with Crippen LogP contribution in [0, 0.1) is 5.82 Å². The fraction of sp³-hybridized carbons (Fsp3) is 0.250. The van der Waals surface area contributed by atoms with Crippen molar-refractivity contribution in [2.24, 2.45) is 0 Å². The van der Waals surface area contributed by atoms with E-state index >= 15 is 0 Å². The van der Waals surface area contributed by atoms with Gasteiger partial charge in [0.15, 0.2) is 0 Å². The first-order valence-corrected chi connectivity index (χ1v) is 7.47. The van der Waals surface area contributed by atoms with Crippen LogP contribution in [0.3, 0.4) is 0 Å². The zero-order valence-corrected chi connectivity index (χ0v) is 12.9. The van der Waals surface area contributed by atoms with Crippen LogP contribution in [-0.2, 0) is 6.42 Å². The third-order valence-corrected chi connectivity index (χ3v) is 4.20. The van der Waals surface area contributed by atoms with Crippen molar-refractivity contribution < 1.29 is 9.13 Å². The van der Waals surface area contributed by atoms with Crippen LogP contribution in [0.2, 0.25) is 10.0 Å². The van der Waals surface area contributed by atoms with Gasteiger partial charge in [0.1, 0.15) is 11.6 Å². The number of halogens is 3. The minimum atomic E-state index is -0.466. The first-order valence-electron chi connectivity index (χ1n) is 6.71. The first kappa shape index (κ1) is 14.5.